The van der Waals surface area contributed by atoms with Crippen molar-refractivity contribution >= 4 is 5.78 Å². The molecule has 0 radical (unpaired) electrons. The molecule has 4 rings (SSSR count). The van der Waals surface area contributed by atoms with Crippen LogP contribution < -0.4 is 0 Å². The van der Waals surface area contributed by atoms with Crippen LogP contribution in [0.2, 0.25) is 0 Å². The lowest BCUT2D eigenvalue weighted by atomic mass is 9.96. The van der Waals surface area contributed by atoms with Crippen molar-refractivity contribution in [3.05, 3.63) is 35.4 Å². The highest BCUT2D eigenvalue weighted by Crippen LogP contribution is 2.69. The van der Waals surface area contributed by atoms with Crippen LogP contribution in [0.4, 0.5) is 13.2 Å². The molecular formula is C16H15F3O. The molecule has 106 valence electrons. The van der Waals surface area contributed by atoms with Gasteiger partial charge in [-0.2, -0.15) is 13.2 Å². The summed E-state index contributed by atoms with van der Waals surface area (Å²) in [4.78, 5) is 12.4. The molecule has 3 saturated carbocycles. The van der Waals surface area contributed by atoms with Crippen molar-refractivity contribution in [2.24, 2.45) is 29.6 Å². The molecule has 1 nitrogen and oxygen atoms in total. The number of Topliss-reactive ketones (excluding diaryl/α,β-unsaturated/α-hetero) is 1. The molecule has 3 aliphatic rings. The van der Waals surface area contributed by atoms with Gasteiger partial charge in [-0.15, -0.1) is 0 Å². The van der Waals surface area contributed by atoms with E-state index in [-0.39, 0.29) is 11.7 Å². The minimum atomic E-state index is -4.34. The lowest BCUT2D eigenvalue weighted by Gasteiger charge is -2.09. The summed E-state index contributed by atoms with van der Waals surface area (Å²) in [6.07, 6.45) is -0.589. The number of halogens is 3. The highest BCUT2D eigenvalue weighted by molar-refractivity contribution is 6.00. The second-order valence-electron chi connectivity index (χ2n) is 6.45. The van der Waals surface area contributed by atoms with Crippen LogP contribution in [0.3, 0.4) is 0 Å². The van der Waals surface area contributed by atoms with Crippen LogP contribution in [0.25, 0.3) is 0 Å². The Morgan fingerprint density at radius 1 is 1.00 bits per heavy atom. The Labute approximate surface area is 115 Å². The molecule has 2 bridgehead atoms. The molecule has 0 heterocycles. The molecule has 3 aliphatic carbocycles. The van der Waals surface area contributed by atoms with Crippen LogP contribution >= 0.6 is 0 Å². The molecule has 0 saturated heterocycles. The standard InChI is InChI=1S/C16H15F3O/c17-16(18,19)11-5-3-8(4-6-11)15(20)14-12-9-1-2-10(7-9)13(12)14/h3-6,9-10,12-14H,1-2,7H2. The van der Waals surface area contributed by atoms with Gasteiger partial charge in [-0.3, -0.25) is 4.79 Å². The molecule has 0 amide bonds. The molecule has 0 aromatic heterocycles. The van der Waals surface area contributed by atoms with Gasteiger partial charge in [0.2, 0.25) is 0 Å². The molecule has 3 fully saturated rings. The van der Waals surface area contributed by atoms with Crippen LogP contribution in [0.15, 0.2) is 24.3 Å². The van der Waals surface area contributed by atoms with E-state index < -0.39 is 11.7 Å². The summed E-state index contributed by atoms with van der Waals surface area (Å²) in [5, 5.41) is 0. The highest BCUT2D eigenvalue weighted by atomic mass is 19.4. The fourth-order valence-corrected chi connectivity index (χ4v) is 4.69. The van der Waals surface area contributed by atoms with Crippen molar-refractivity contribution < 1.29 is 18.0 Å². The third-order valence-corrected chi connectivity index (χ3v) is 5.53. The normalized spacial score (nSPS) is 37.9. The number of alkyl halides is 3. The summed E-state index contributed by atoms with van der Waals surface area (Å²) in [6, 6.07) is 4.70. The smallest absolute Gasteiger partial charge is 0.294 e. The topological polar surface area (TPSA) is 17.1 Å². The Morgan fingerprint density at radius 3 is 2.05 bits per heavy atom. The van der Waals surface area contributed by atoms with Crippen LogP contribution in [0, 0.1) is 29.6 Å². The fourth-order valence-electron chi connectivity index (χ4n) is 4.69. The number of fused-ring (bicyclic) bond motifs is 5. The molecule has 0 N–H and O–H groups in total. The van der Waals surface area contributed by atoms with E-state index in [1.165, 1.54) is 31.4 Å². The van der Waals surface area contributed by atoms with Crippen molar-refractivity contribution in [3.8, 4) is 0 Å². The van der Waals surface area contributed by atoms with Crippen LogP contribution in [-0.2, 0) is 6.18 Å². The van der Waals surface area contributed by atoms with E-state index in [9.17, 15) is 18.0 Å². The predicted molar refractivity (Wildman–Crippen MR) is 67.1 cm³/mol. The number of hydrogen-bond donors (Lipinski definition) is 0. The average molecular weight is 280 g/mol. The van der Waals surface area contributed by atoms with E-state index in [1.54, 1.807) is 0 Å². The Morgan fingerprint density at radius 2 is 1.55 bits per heavy atom. The molecule has 4 atom stereocenters. The lowest BCUT2D eigenvalue weighted by Crippen LogP contribution is -2.11. The van der Waals surface area contributed by atoms with Gasteiger partial charge in [0, 0.05) is 11.5 Å². The van der Waals surface area contributed by atoms with E-state index in [0.717, 1.165) is 12.1 Å². The predicted octanol–water partition coefficient (Wildman–Crippen LogP) is 4.18. The van der Waals surface area contributed by atoms with Gasteiger partial charge in [-0.1, -0.05) is 12.1 Å². The zero-order valence-corrected chi connectivity index (χ0v) is 10.9. The lowest BCUT2D eigenvalue weighted by molar-refractivity contribution is -0.137. The average Bonchev–Trinajstić information content (AvgIpc) is 2.84. The number of hydrogen-bond acceptors (Lipinski definition) is 1. The molecular weight excluding hydrogens is 265 g/mol. The first kappa shape index (κ1) is 12.4. The molecule has 1 aromatic carbocycles. The summed E-state index contributed by atoms with van der Waals surface area (Å²) >= 11 is 0. The Hall–Kier alpha value is -1.32. The van der Waals surface area contributed by atoms with Gasteiger partial charge < -0.3 is 0 Å². The van der Waals surface area contributed by atoms with Gasteiger partial charge in [-0.25, -0.2) is 0 Å². The molecule has 4 heteroatoms. The van der Waals surface area contributed by atoms with Crippen LogP contribution in [0.5, 0.6) is 0 Å². The quantitative estimate of drug-likeness (QED) is 0.743. The number of rotatable bonds is 2. The summed E-state index contributed by atoms with van der Waals surface area (Å²) in [6.45, 7) is 0. The molecule has 20 heavy (non-hydrogen) atoms. The summed E-state index contributed by atoms with van der Waals surface area (Å²) < 4.78 is 37.5. The zero-order valence-electron chi connectivity index (χ0n) is 10.9. The first-order valence-corrected chi connectivity index (χ1v) is 7.18. The van der Waals surface area contributed by atoms with Crippen molar-refractivity contribution in [1.29, 1.82) is 0 Å². The summed E-state index contributed by atoms with van der Waals surface area (Å²) in [5.41, 5.74) is -0.248. The van der Waals surface area contributed by atoms with Crippen molar-refractivity contribution in [1.82, 2.24) is 0 Å². The molecule has 4 unspecified atom stereocenters. The van der Waals surface area contributed by atoms with E-state index in [2.05, 4.69) is 0 Å². The van der Waals surface area contributed by atoms with Crippen molar-refractivity contribution in [3.63, 3.8) is 0 Å². The monoisotopic (exact) mass is 280 g/mol. The van der Waals surface area contributed by atoms with Crippen LogP contribution in [-0.4, -0.2) is 5.78 Å². The van der Waals surface area contributed by atoms with Crippen LogP contribution in [0.1, 0.15) is 35.2 Å². The number of ketones is 1. The Bertz CT molecular complexity index is 544. The minimum absolute atomic E-state index is 0.0605. The molecule has 0 aliphatic heterocycles. The SMILES string of the molecule is O=C(c1ccc(C(F)(F)F)cc1)C1C2C3CCC(C3)C12. The van der Waals surface area contributed by atoms with Gasteiger partial charge >= 0.3 is 6.18 Å². The maximum absolute atomic E-state index is 12.5. The van der Waals surface area contributed by atoms with Gasteiger partial charge in [-0.05, 0) is 55.1 Å². The number of carbonyl (C=O) groups is 1. The molecule has 1 aromatic rings. The van der Waals surface area contributed by atoms with Crippen molar-refractivity contribution in [2.45, 2.75) is 25.4 Å². The maximum atomic E-state index is 12.5. The Kier molecular flexibility index (Phi) is 2.40. The fraction of sp³-hybridized carbons (Fsp3) is 0.562. The summed E-state index contributed by atoms with van der Waals surface area (Å²) in [7, 11) is 0. The minimum Gasteiger partial charge on any atom is -0.294 e. The van der Waals surface area contributed by atoms with Gasteiger partial charge in [0.05, 0.1) is 5.56 Å². The third kappa shape index (κ3) is 1.66. The maximum Gasteiger partial charge on any atom is 0.416 e. The number of benzene rings is 1. The van der Waals surface area contributed by atoms with E-state index in [1.807, 2.05) is 0 Å². The highest BCUT2D eigenvalue weighted by Gasteiger charge is 2.67. The van der Waals surface area contributed by atoms with Gasteiger partial charge in [0.25, 0.3) is 0 Å². The zero-order chi connectivity index (χ0) is 14.1. The third-order valence-electron chi connectivity index (χ3n) is 5.53. The second kappa shape index (κ2) is 3.86. The summed E-state index contributed by atoms with van der Waals surface area (Å²) in [5.74, 6) is 2.62. The Balaban J connectivity index is 1.53. The van der Waals surface area contributed by atoms with Gasteiger partial charge in [0.15, 0.2) is 5.78 Å². The second-order valence-corrected chi connectivity index (χ2v) is 6.45. The first-order valence-electron chi connectivity index (χ1n) is 7.18. The van der Waals surface area contributed by atoms with E-state index >= 15 is 0 Å². The largest absolute Gasteiger partial charge is 0.416 e. The van der Waals surface area contributed by atoms with Gasteiger partial charge in [0.1, 0.15) is 0 Å². The van der Waals surface area contributed by atoms with E-state index in [4.69, 9.17) is 0 Å². The van der Waals surface area contributed by atoms with Crippen molar-refractivity contribution in [2.75, 3.05) is 0 Å². The molecule has 0 spiro atoms. The van der Waals surface area contributed by atoms with E-state index in [0.29, 0.717) is 29.2 Å². The number of carbonyl (C=O) groups excluding carboxylic acids is 1. The first-order chi connectivity index (χ1) is 9.47.